The molecule has 5 heteroatoms. The van der Waals surface area contributed by atoms with E-state index in [1.165, 1.54) is 19.3 Å². The Balaban J connectivity index is 1.60. The molecule has 108 valence electrons. The molecule has 3 rings (SSSR count). The summed E-state index contributed by atoms with van der Waals surface area (Å²) in [6.07, 6.45) is 12.0. The van der Waals surface area contributed by atoms with Crippen molar-refractivity contribution in [1.82, 2.24) is 14.9 Å². The number of nitrogens with zero attached hydrogens (tertiary/aromatic N) is 4. The molecule has 5 nitrogen and oxygen atoms in total. The van der Waals surface area contributed by atoms with Gasteiger partial charge in [0.05, 0.1) is 19.5 Å². The van der Waals surface area contributed by atoms with Crippen molar-refractivity contribution in [3.8, 4) is 5.88 Å². The highest BCUT2D eigenvalue weighted by Crippen LogP contribution is 2.20. The van der Waals surface area contributed by atoms with E-state index in [1.807, 2.05) is 6.20 Å². The smallest absolute Gasteiger partial charge is 0.233 e. The van der Waals surface area contributed by atoms with Crippen LogP contribution in [0.4, 0.5) is 5.82 Å². The van der Waals surface area contributed by atoms with E-state index < -0.39 is 0 Å². The lowest BCUT2D eigenvalue weighted by Gasteiger charge is -2.39. The maximum absolute atomic E-state index is 5.14. The summed E-state index contributed by atoms with van der Waals surface area (Å²) < 4.78 is 5.14. The zero-order chi connectivity index (χ0) is 13.8. The minimum Gasteiger partial charge on any atom is -0.480 e. The van der Waals surface area contributed by atoms with Gasteiger partial charge in [0, 0.05) is 32.2 Å². The Bertz CT molecular complexity index is 469. The van der Waals surface area contributed by atoms with Gasteiger partial charge in [0.15, 0.2) is 5.82 Å². The van der Waals surface area contributed by atoms with Crippen LogP contribution in [0.25, 0.3) is 0 Å². The molecule has 0 N–H and O–H groups in total. The first kappa shape index (κ1) is 13.4. The minimum absolute atomic E-state index is 0.583. The fourth-order valence-corrected chi connectivity index (χ4v) is 2.97. The van der Waals surface area contributed by atoms with Crippen LogP contribution in [-0.2, 0) is 0 Å². The Morgan fingerprint density at radius 1 is 1.20 bits per heavy atom. The summed E-state index contributed by atoms with van der Waals surface area (Å²) >= 11 is 0. The second kappa shape index (κ2) is 6.22. The number of methoxy groups -OCH3 is 1. The number of piperazine rings is 1. The zero-order valence-corrected chi connectivity index (χ0v) is 12.0. The van der Waals surface area contributed by atoms with E-state index in [0.717, 1.165) is 32.0 Å². The predicted octanol–water partition coefficient (Wildman–Crippen LogP) is 1.72. The summed E-state index contributed by atoms with van der Waals surface area (Å²) in [7, 11) is 1.63. The third-order valence-corrected chi connectivity index (χ3v) is 4.15. The van der Waals surface area contributed by atoms with E-state index in [4.69, 9.17) is 4.74 Å². The van der Waals surface area contributed by atoms with Crippen molar-refractivity contribution in [3.63, 3.8) is 0 Å². The Morgan fingerprint density at radius 2 is 2.05 bits per heavy atom. The molecule has 0 bridgehead atoms. The average Bonchev–Trinajstić information content (AvgIpc) is 2.56. The van der Waals surface area contributed by atoms with Gasteiger partial charge in [-0.05, 0) is 19.3 Å². The summed E-state index contributed by atoms with van der Waals surface area (Å²) in [5.41, 5.74) is 0. The second-order valence-electron chi connectivity index (χ2n) is 5.37. The Labute approximate surface area is 120 Å². The number of ether oxygens (including phenoxy) is 1. The zero-order valence-electron chi connectivity index (χ0n) is 12.0. The summed E-state index contributed by atoms with van der Waals surface area (Å²) in [5.74, 6) is 1.50. The lowest BCUT2D eigenvalue weighted by atomic mass is 10.0. The van der Waals surface area contributed by atoms with Gasteiger partial charge in [0.25, 0.3) is 0 Å². The van der Waals surface area contributed by atoms with Gasteiger partial charge in [-0.15, -0.1) is 0 Å². The van der Waals surface area contributed by atoms with E-state index in [0.29, 0.717) is 11.9 Å². The molecule has 1 unspecified atom stereocenters. The Hall–Kier alpha value is -1.62. The molecule has 0 saturated carbocycles. The standard InChI is InChI=1S/C15H22N4O/c1-20-15-12-16-11-14(17-15)19-9-7-18(8-10-19)13-5-3-2-4-6-13/h3,5,11-13H,2,4,6-10H2,1H3. The van der Waals surface area contributed by atoms with Crippen LogP contribution >= 0.6 is 0 Å². The van der Waals surface area contributed by atoms with Crippen molar-refractivity contribution in [2.45, 2.75) is 25.3 Å². The molecule has 0 radical (unpaired) electrons. The van der Waals surface area contributed by atoms with E-state index in [9.17, 15) is 0 Å². The van der Waals surface area contributed by atoms with Crippen LogP contribution in [0.15, 0.2) is 24.5 Å². The molecule has 0 amide bonds. The van der Waals surface area contributed by atoms with Gasteiger partial charge in [0.2, 0.25) is 5.88 Å². The van der Waals surface area contributed by atoms with Gasteiger partial charge < -0.3 is 9.64 Å². The molecule has 0 spiro atoms. The molecule has 1 fully saturated rings. The topological polar surface area (TPSA) is 41.5 Å². The normalized spacial score (nSPS) is 23.9. The van der Waals surface area contributed by atoms with E-state index in [1.54, 1.807) is 13.3 Å². The summed E-state index contributed by atoms with van der Waals surface area (Å²) in [6, 6.07) is 0.641. The fraction of sp³-hybridized carbons (Fsp3) is 0.600. The number of allylic oxidation sites excluding steroid dienone is 1. The first-order chi connectivity index (χ1) is 9.86. The Kier molecular flexibility index (Phi) is 4.16. The van der Waals surface area contributed by atoms with Crippen molar-refractivity contribution >= 4 is 5.82 Å². The van der Waals surface area contributed by atoms with Gasteiger partial charge >= 0.3 is 0 Å². The second-order valence-corrected chi connectivity index (χ2v) is 5.37. The van der Waals surface area contributed by atoms with Gasteiger partial charge in [-0.25, -0.2) is 0 Å². The molecular formula is C15H22N4O. The van der Waals surface area contributed by atoms with Crippen LogP contribution in [0.2, 0.25) is 0 Å². The number of aromatic nitrogens is 2. The van der Waals surface area contributed by atoms with Crippen molar-refractivity contribution < 1.29 is 4.74 Å². The summed E-state index contributed by atoms with van der Waals surface area (Å²) in [4.78, 5) is 13.5. The summed E-state index contributed by atoms with van der Waals surface area (Å²) in [6.45, 7) is 4.19. The number of hydrogen-bond acceptors (Lipinski definition) is 5. The molecule has 1 saturated heterocycles. The molecule has 1 aromatic rings. The molecule has 2 aliphatic rings. The van der Waals surface area contributed by atoms with Crippen LogP contribution in [0.1, 0.15) is 19.3 Å². The van der Waals surface area contributed by atoms with Crippen molar-refractivity contribution in [1.29, 1.82) is 0 Å². The molecule has 20 heavy (non-hydrogen) atoms. The van der Waals surface area contributed by atoms with Crippen LogP contribution in [0, 0.1) is 0 Å². The molecule has 1 aliphatic heterocycles. The van der Waals surface area contributed by atoms with E-state index in [2.05, 4.69) is 31.9 Å². The number of rotatable bonds is 3. The van der Waals surface area contributed by atoms with Gasteiger partial charge in [-0.1, -0.05) is 12.2 Å². The quantitative estimate of drug-likeness (QED) is 0.785. The maximum atomic E-state index is 5.14. The first-order valence-corrected chi connectivity index (χ1v) is 7.38. The molecule has 2 heterocycles. The van der Waals surface area contributed by atoms with Crippen LogP contribution in [0.3, 0.4) is 0 Å². The SMILES string of the molecule is COc1cncc(N2CCN(C3C=CCCC3)CC2)n1. The van der Waals surface area contributed by atoms with Crippen molar-refractivity contribution in [2.75, 3.05) is 38.2 Å². The van der Waals surface area contributed by atoms with Gasteiger partial charge in [-0.2, -0.15) is 4.98 Å². The monoisotopic (exact) mass is 274 g/mol. The average molecular weight is 274 g/mol. The van der Waals surface area contributed by atoms with Crippen LogP contribution in [-0.4, -0.2) is 54.2 Å². The highest BCUT2D eigenvalue weighted by Gasteiger charge is 2.23. The molecule has 0 aromatic carbocycles. The highest BCUT2D eigenvalue weighted by atomic mass is 16.5. The van der Waals surface area contributed by atoms with Crippen molar-refractivity contribution in [3.05, 3.63) is 24.5 Å². The third kappa shape index (κ3) is 2.93. The Morgan fingerprint density at radius 3 is 2.75 bits per heavy atom. The fourth-order valence-electron chi connectivity index (χ4n) is 2.97. The van der Waals surface area contributed by atoms with Crippen molar-refractivity contribution in [2.24, 2.45) is 0 Å². The molecule has 1 atom stereocenters. The highest BCUT2D eigenvalue weighted by molar-refractivity contribution is 5.38. The van der Waals surface area contributed by atoms with Crippen LogP contribution in [0.5, 0.6) is 5.88 Å². The maximum Gasteiger partial charge on any atom is 0.233 e. The number of hydrogen-bond donors (Lipinski definition) is 0. The minimum atomic E-state index is 0.583. The largest absolute Gasteiger partial charge is 0.480 e. The lowest BCUT2D eigenvalue weighted by Crippen LogP contribution is -2.50. The number of anilines is 1. The molecule has 1 aromatic heterocycles. The third-order valence-electron chi connectivity index (χ3n) is 4.15. The van der Waals surface area contributed by atoms with E-state index in [-0.39, 0.29) is 0 Å². The van der Waals surface area contributed by atoms with Crippen LogP contribution < -0.4 is 9.64 Å². The molecular weight excluding hydrogens is 252 g/mol. The molecule has 1 aliphatic carbocycles. The van der Waals surface area contributed by atoms with E-state index >= 15 is 0 Å². The predicted molar refractivity (Wildman–Crippen MR) is 79.1 cm³/mol. The van der Waals surface area contributed by atoms with Gasteiger partial charge in [0.1, 0.15) is 0 Å². The lowest BCUT2D eigenvalue weighted by molar-refractivity contribution is 0.201. The first-order valence-electron chi connectivity index (χ1n) is 7.38. The van der Waals surface area contributed by atoms with Gasteiger partial charge in [-0.3, -0.25) is 9.88 Å². The summed E-state index contributed by atoms with van der Waals surface area (Å²) in [5, 5.41) is 0.